The summed E-state index contributed by atoms with van der Waals surface area (Å²) in [5.41, 5.74) is 2.03. The monoisotopic (exact) mass is 341 g/mol. The summed E-state index contributed by atoms with van der Waals surface area (Å²) in [4.78, 5) is 22.4. The van der Waals surface area contributed by atoms with Crippen molar-refractivity contribution in [2.75, 3.05) is 18.0 Å². The minimum absolute atomic E-state index is 0.0364. The first-order valence-corrected chi connectivity index (χ1v) is 9.29. The van der Waals surface area contributed by atoms with Gasteiger partial charge in [0.25, 0.3) is 5.56 Å². The second-order valence-electron chi connectivity index (χ2n) is 5.73. The molecule has 0 aliphatic carbocycles. The Morgan fingerprint density at radius 1 is 1.12 bits per heavy atom. The van der Waals surface area contributed by atoms with Crippen molar-refractivity contribution in [3.8, 4) is 5.69 Å². The SMILES string of the molecule is CCc1c(C)sc2nc(N(CC)CC)n(-c3ccccc3)c(=O)c12. The van der Waals surface area contributed by atoms with Crippen LogP contribution in [0.1, 0.15) is 31.2 Å². The zero-order valence-electron chi connectivity index (χ0n) is 14.7. The Morgan fingerprint density at radius 3 is 2.38 bits per heavy atom. The van der Waals surface area contributed by atoms with E-state index in [-0.39, 0.29) is 5.56 Å². The number of fused-ring (bicyclic) bond motifs is 1. The number of benzene rings is 1. The Hall–Kier alpha value is -2.14. The molecule has 0 aliphatic heterocycles. The molecule has 0 saturated heterocycles. The summed E-state index contributed by atoms with van der Waals surface area (Å²) in [5.74, 6) is 0.729. The van der Waals surface area contributed by atoms with E-state index in [1.807, 2.05) is 30.3 Å². The van der Waals surface area contributed by atoms with E-state index in [1.165, 1.54) is 4.88 Å². The van der Waals surface area contributed by atoms with Gasteiger partial charge in [0.15, 0.2) is 0 Å². The molecule has 0 amide bonds. The van der Waals surface area contributed by atoms with Crippen molar-refractivity contribution in [3.63, 3.8) is 0 Å². The fourth-order valence-electron chi connectivity index (χ4n) is 3.16. The van der Waals surface area contributed by atoms with Gasteiger partial charge in [0.05, 0.1) is 11.1 Å². The number of rotatable bonds is 5. The number of hydrogen-bond donors (Lipinski definition) is 0. The normalized spacial score (nSPS) is 11.2. The highest BCUT2D eigenvalue weighted by Gasteiger charge is 2.20. The van der Waals surface area contributed by atoms with Gasteiger partial charge in [-0.3, -0.25) is 4.79 Å². The Morgan fingerprint density at radius 2 is 1.79 bits per heavy atom. The molecule has 4 nitrogen and oxygen atoms in total. The van der Waals surface area contributed by atoms with Crippen LogP contribution in [0.15, 0.2) is 35.1 Å². The van der Waals surface area contributed by atoms with E-state index in [1.54, 1.807) is 15.9 Å². The molecule has 2 heterocycles. The molecule has 0 N–H and O–H groups in total. The van der Waals surface area contributed by atoms with Crippen LogP contribution in [0.25, 0.3) is 15.9 Å². The molecule has 3 rings (SSSR count). The van der Waals surface area contributed by atoms with E-state index in [9.17, 15) is 4.79 Å². The highest BCUT2D eigenvalue weighted by atomic mass is 32.1. The average molecular weight is 341 g/mol. The largest absolute Gasteiger partial charge is 0.342 e. The first-order valence-electron chi connectivity index (χ1n) is 8.47. The summed E-state index contributed by atoms with van der Waals surface area (Å²) < 4.78 is 1.76. The van der Waals surface area contributed by atoms with E-state index in [0.29, 0.717) is 0 Å². The summed E-state index contributed by atoms with van der Waals surface area (Å²) in [5, 5.41) is 0.778. The Balaban J connectivity index is 2.43. The van der Waals surface area contributed by atoms with E-state index < -0.39 is 0 Å². The van der Waals surface area contributed by atoms with E-state index in [4.69, 9.17) is 4.98 Å². The molecule has 0 fully saturated rings. The molecule has 0 radical (unpaired) electrons. The third-order valence-corrected chi connectivity index (χ3v) is 5.46. The fraction of sp³-hybridized carbons (Fsp3) is 0.368. The lowest BCUT2D eigenvalue weighted by molar-refractivity contribution is 0.787. The standard InChI is InChI=1S/C19H23N3OS/c1-5-15-13(4)24-17-16(15)18(23)22(14-11-9-8-10-12-14)19(20-17)21(6-2)7-3/h8-12H,5-7H2,1-4H3. The second-order valence-corrected chi connectivity index (χ2v) is 6.93. The summed E-state index contributed by atoms with van der Waals surface area (Å²) in [7, 11) is 0. The molecule has 0 bridgehead atoms. The van der Waals surface area contributed by atoms with Crippen molar-refractivity contribution in [2.45, 2.75) is 34.1 Å². The van der Waals surface area contributed by atoms with Gasteiger partial charge in [-0.1, -0.05) is 25.1 Å². The van der Waals surface area contributed by atoms with Gasteiger partial charge in [-0.2, -0.15) is 0 Å². The number of aryl methyl sites for hydroxylation is 2. The summed E-state index contributed by atoms with van der Waals surface area (Å²) in [6.07, 6.45) is 0.849. The van der Waals surface area contributed by atoms with Crippen molar-refractivity contribution in [1.29, 1.82) is 0 Å². The number of anilines is 1. The summed E-state index contributed by atoms with van der Waals surface area (Å²) in [6.45, 7) is 9.98. The van der Waals surface area contributed by atoms with Crippen molar-refractivity contribution >= 4 is 27.5 Å². The maximum absolute atomic E-state index is 13.4. The minimum Gasteiger partial charge on any atom is -0.342 e. The molecule has 1 aromatic carbocycles. The van der Waals surface area contributed by atoms with Crippen molar-refractivity contribution < 1.29 is 0 Å². The molecule has 0 atom stereocenters. The Labute approximate surface area is 146 Å². The van der Waals surface area contributed by atoms with Gasteiger partial charge < -0.3 is 4.90 Å². The third kappa shape index (κ3) is 2.63. The topological polar surface area (TPSA) is 38.1 Å². The van der Waals surface area contributed by atoms with Crippen LogP contribution in [0.3, 0.4) is 0 Å². The Kier molecular flexibility index (Phi) is 4.71. The van der Waals surface area contributed by atoms with Crippen molar-refractivity contribution in [1.82, 2.24) is 9.55 Å². The molecule has 0 saturated carbocycles. The molecule has 0 unspecified atom stereocenters. The van der Waals surface area contributed by atoms with Crippen LogP contribution in [0.4, 0.5) is 5.95 Å². The number of aromatic nitrogens is 2. The molecule has 24 heavy (non-hydrogen) atoms. The summed E-state index contributed by atoms with van der Waals surface area (Å²) >= 11 is 1.62. The van der Waals surface area contributed by atoms with Crippen LogP contribution in [0.2, 0.25) is 0 Å². The van der Waals surface area contributed by atoms with E-state index >= 15 is 0 Å². The number of nitrogens with zero attached hydrogens (tertiary/aromatic N) is 3. The van der Waals surface area contributed by atoms with Gasteiger partial charge in [0.2, 0.25) is 5.95 Å². The average Bonchev–Trinajstić information content (AvgIpc) is 2.92. The molecule has 0 aliphatic rings. The molecule has 0 spiro atoms. The lowest BCUT2D eigenvalue weighted by atomic mass is 10.1. The van der Waals surface area contributed by atoms with Gasteiger partial charge >= 0.3 is 0 Å². The highest BCUT2D eigenvalue weighted by molar-refractivity contribution is 7.18. The maximum Gasteiger partial charge on any atom is 0.268 e. The predicted octanol–water partition coefficient (Wildman–Crippen LogP) is 4.16. The zero-order valence-corrected chi connectivity index (χ0v) is 15.5. The van der Waals surface area contributed by atoms with E-state index in [0.717, 1.165) is 46.9 Å². The van der Waals surface area contributed by atoms with Crippen molar-refractivity contribution in [2.24, 2.45) is 0 Å². The Bertz CT molecular complexity index is 908. The minimum atomic E-state index is 0.0364. The number of para-hydroxylation sites is 1. The molecular formula is C19H23N3OS. The van der Waals surface area contributed by atoms with E-state index in [2.05, 4.69) is 32.6 Å². The number of thiophene rings is 1. The molecule has 5 heteroatoms. The lowest BCUT2D eigenvalue weighted by Crippen LogP contribution is -2.32. The summed E-state index contributed by atoms with van der Waals surface area (Å²) in [6, 6.07) is 9.80. The maximum atomic E-state index is 13.4. The first kappa shape index (κ1) is 16.7. The van der Waals surface area contributed by atoms with Gasteiger partial charge in [-0.15, -0.1) is 11.3 Å². The molecule has 126 valence electrons. The first-order chi connectivity index (χ1) is 11.6. The number of hydrogen-bond acceptors (Lipinski definition) is 4. The van der Waals surface area contributed by atoms with Crippen LogP contribution >= 0.6 is 11.3 Å². The quantitative estimate of drug-likeness (QED) is 0.699. The van der Waals surface area contributed by atoms with Crippen molar-refractivity contribution in [3.05, 3.63) is 51.1 Å². The second kappa shape index (κ2) is 6.77. The van der Waals surface area contributed by atoms with Crippen LogP contribution in [0, 0.1) is 6.92 Å². The van der Waals surface area contributed by atoms with Crippen LogP contribution < -0.4 is 10.5 Å². The molecule has 2 aromatic heterocycles. The van der Waals surface area contributed by atoms with Crippen LogP contribution in [0.5, 0.6) is 0 Å². The van der Waals surface area contributed by atoms with Gasteiger partial charge in [0, 0.05) is 18.0 Å². The smallest absolute Gasteiger partial charge is 0.268 e. The highest BCUT2D eigenvalue weighted by Crippen LogP contribution is 2.30. The lowest BCUT2D eigenvalue weighted by Gasteiger charge is -2.23. The predicted molar refractivity (Wildman–Crippen MR) is 103 cm³/mol. The fourth-order valence-corrected chi connectivity index (χ4v) is 4.26. The molecule has 3 aromatic rings. The van der Waals surface area contributed by atoms with Crippen LogP contribution in [-0.4, -0.2) is 22.6 Å². The van der Waals surface area contributed by atoms with Gasteiger partial charge in [0.1, 0.15) is 4.83 Å². The van der Waals surface area contributed by atoms with Crippen LogP contribution in [-0.2, 0) is 6.42 Å². The third-order valence-electron chi connectivity index (χ3n) is 4.42. The van der Waals surface area contributed by atoms with Gasteiger partial charge in [-0.25, -0.2) is 9.55 Å². The van der Waals surface area contributed by atoms with Gasteiger partial charge in [-0.05, 0) is 44.9 Å². The molecular weight excluding hydrogens is 318 g/mol. The zero-order chi connectivity index (χ0) is 17.3.